The Morgan fingerprint density at radius 1 is 1.11 bits per heavy atom. The fraction of sp³-hybridized carbons (Fsp3) is 0.345. The topological polar surface area (TPSA) is 107 Å². The molecule has 8 nitrogen and oxygen atoms in total. The monoisotopic (exact) mass is 513 g/mol. The van der Waals surface area contributed by atoms with Crippen molar-refractivity contribution in [2.45, 2.75) is 45.3 Å². The van der Waals surface area contributed by atoms with E-state index < -0.39 is 5.41 Å². The van der Waals surface area contributed by atoms with Gasteiger partial charge in [0.05, 0.1) is 17.9 Å². The second kappa shape index (κ2) is 9.58. The van der Waals surface area contributed by atoms with Gasteiger partial charge in [-0.15, -0.1) is 0 Å². The van der Waals surface area contributed by atoms with E-state index in [9.17, 15) is 9.18 Å². The number of aromatic amines is 1. The van der Waals surface area contributed by atoms with Crippen molar-refractivity contribution in [3.8, 4) is 11.1 Å². The summed E-state index contributed by atoms with van der Waals surface area (Å²) in [6.07, 6.45) is 6.19. The molecular weight excluding hydrogens is 481 g/mol. The number of halogens is 1. The highest BCUT2D eigenvalue weighted by atomic mass is 19.1. The fourth-order valence-corrected chi connectivity index (χ4v) is 5.49. The minimum atomic E-state index is -0.482. The first-order chi connectivity index (χ1) is 18.3. The highest BCUT2D eigenvalue weighted by Gasteiger charge is 2.42. The molecule has 0 spiro atoms. The van der Waals surface area contributed by atoms with Crippen molar-refractivity contribution in [2.24, 2.45) is 11.3 Å². The Labute approximate surface area is 220 Å². The molecule has 38 heavy (non-hydrogen) atoms. The van der Waals surface area contributed by atoms with Crippen LogP contribution in [0.3, 0.4) is 0 Å². The van der Waals surface area contributed by atoms with Crippen LogP contribution in [-0.4, -0.2) is 33.4 Å². The van der Waals surface area contributed by atoms with E-state index in [1.807, 2.05) is 45.2 Å². The number of benzene rings is 1. The van der Waals surface area contributed by atoms with Gasteiger partial charge in [-0.25, -0.2) is 14.8 Å². The van der Waals surface area contributed by atoms with E-state index in [2.05, 4.69) is 42.5 Å². The normalized spacial score (nSPS) is 23.4. The van der Waals surface area contributed by atoms with Gasteiger partial charge in [-0.2, -0.15) is 0 Å². The van der Waals surface area contributed by atoms with E-state index in [4.69, 9.17) is 0 Å². The van der Waals surface area contributed by atoms with E-state index in [1.165, 1.54) is 6.07 Å². The van der Waals surface area contributed by atoms with Crippen LogP contribution >= 0.6 is 0 Å². The molecule has 2 aliphatic heterocycles. The number of piperidine rings is 1. The molecule has 4 unspecified atom stereocenters. The molecule has 0 aliphatic carbocycles. The number of carbonyl (C=O) groups excluding carboxylic acids is 1. The van der Waals surface area contributed by atoms with Gasteiger partial charge >= 0.3 is 0 Å². The Hall–Kier alpha value is -3.66. The van der Waals surface area contributed by atoms with Crippen LogP contribution in [0.5, 0.6) is 0 Å². The number of H-pyrrole nitrogens is 1. The molecule has 5 heterocycles. The lowest BCUT2D eigenvalue weighted by atomic mass is 9.81. The van der Waals surface area contributed by atoms with E-state index >= 15 is 0 Å². The quantitative estimate of drug-likeness (QED) is 0.273. The van der Waals surface area contributed by atoms with Gasteiger partial charge in [0.25, 0.3) is 0 Å². The number of fused-ring (bicyclic) bond motifs is 2. The third-order valence-corrected chi connectivity index (χ3v) is 7.59. The third kappa shape index (κ3) is 4.69. The molecule has 0 bridgehead atoms. The minimum absolute atomic E-state index is 0.0394. The summed E-state index contributed by atoms with van der Waals surface area (Å²) in [4.78, 5) is 24.9. The van der Waals surface area contributed by atoms with Crippen LogP contribution in [0.1, 0.15) is 50.5 Å². The second-order valence-corrected chi connectivity index (χ2v) is 11.3. The van der Waals surface area contributed by atoms with Crippen LogP contribution in [0.15, 0.2) is 61.1 Å². The number of pyridine rings is 2. The number of carbonyl (C=O) groups is 1. The number of nitrogens with zero attached hydrogens (tertiary/aromatic N) is 2. The Balaban J connectivity index is 1.25. The van der Waals surface area contributed by atoms with Crippen LogP contribution in [0.4, 0.5) is 10.1 Å². The lowest BCUT2D eigenvalue weighted by Crippen LogP contribution is -2.46. The number of aromatic nitrogens is 3. The van der Waals surface area contributed by atoms with Gasteiger partial charge in [0.2, 0.25) is 5.91 Å². The summed E-state index contributed by atoms with van der Waals surface area (Å²) in [5.41, 5.74) is 11.8. The zero-order valence-corrected chi connectivity index (χ0v) is 21.7. The molecule has 1 amide bonds. The molecule has 196 valence electrons. The minimum Gasteiger partial charge on any atom is -0.342 e. The predicted molar refractivity (Wildman–Crippen MR) is 145 cm³/mol. The number of nitrogens with one attached hydrogen (secondary N) is 5. The van der Waals surface area contributed by atoms with E-state index in [0.29, 0.717) is 11.6 Å². The number of hydrazine groups is 1. The Kier molecular flexibility index (Phi) is 6.22. The zero-order valence-electron chi connectivity index (χ0n) is 21.7. The standard InChI is InChI=1S/C29H32FN7O/c1-29(2,3)28(38)34-19-10-17(13-31-14-19)23-12-22-25(15-33-23)36-37-26(22)24-11-21-20(7-8-32-27(21)35-24)16-5-4-6-18(30)9-16/h4-11,13-14,22-23,25-26,33,36-37H,12,15H2,1-3H3,(H,32,35)(H,34,38). The van der Waals surface area contributed by atoms with Crippen LogP contribution in [0.25, 0.3) is 22.2 Å². The maximum absolute atomic E-state index is 13.9. The van der Waals surface area contributed by atoms with Crippen LogP contribution in [0, 0.1) is 17.2 Å². The molecule has 3 aromatic heterocycles. The van der Waals surface area contributed by atoms with Crippen LogP contribution in [0.2, 0.25) is 0 Å². The molecule has 5 N–H and O–H groups in total. The average Bonchev–Trinajstić information content (AvgIpc) is 3.52. The van der Waals surface area contributed by atoms with Gasteiger partial charge in [-0.3, -0.25) is 15.2 Å². The van der Waals surface area contributed by atoms with Crippen molar-refractivity contribution < 1.29 is 9.18 Å². The van der Waals surface area contributed by atoms with E-state index in [0.717, 1.165) is 46.4 Å². The lowest BCUT2D eigenvalue weighted by Gasteiger charge is -2.34. The SMILES string of the molecule is CC(C)(C)C(=O)Nc1cncc(C2CC3C(CN2)NNC3c2cc3c(-c4cccc(F)c4)ccnc3[nH]2)c1. The maximum Gasteiger partial charge on any atom is 0.229 e. The van der Waals surface area contributed by atoms with Gasteiger partial charge < -0.3 is 15.6 Å². The van der Waals surface area contributed by atoms with Gasteiger partial charge in [0.15, 0.2) is 0 Å². The summed E-state index contributed by atoms with van der Waals surface area (Å²) in [6.45, 7) is 6.47. The molecule has 1 aromatic carbocycles. The maximum atomic E-state index is 13.9. The number of hydrogen-bond donors (Lipinski definition) is 5. The Morgan fingerprint density at radius 3 is 2.79 bits per heavy atom. The number of anilines is 1. The molecule has 6 rings (SSSR count). The third-order valence-electron chi connectivity index (χ3n) is 7.59. The van der Waals surface area contributed by atoms with Crippen molar-refractivity contribution in [1.29, 1.82) is 0 Å². The molecule has 0 saturated carbocycles. The van der Waals surface area contributed by atoms with Crippen LogP contribution in [-0.2, 0) is 4.79 Å². The summed E-state index contributed by atoms with van der Waals surface area (Å²) in [5, 5.41) is 7.60. The van der Waals surface area contributed by atoms with Gasteiger partial charge in [0.1, 0.15) is 11.5 Å². The second-order valence-electron chi connectivity index (χ2n) is 11.3. The molecule has 4 aromatic rings. The summed E-state index contributed by atoms with van der Waals surface area (Å²) in [6, 6.07) is 13.1. The number of rotatable bonds is 4. The van der Waals surface area contributed by atoms with E-state index in [-0.39, 0.29) is 29.8 Å². The number of hydrogen-bond acceptors (Lipinski definition) is 6. The van der Waals surface area contributed by atoms with Crippen molar-refractivity contribution in [1.82, 2.24) is 31.1 Å². The van der Waals surface area contributed by atoms with Gasteiger partial charge in [-0.05, 0) is 53.4 Å². The zero-order chi connectivity index (χ0) is 26.4. The largest absolute Gasteiger partial charge is 0.342 e. The molecular formula is C29H32FN7O. The number of amides is 1. The van der Waals surface area contributed by atoms with Gasteiger partial charge in [0, 0.05) is 53.4 Å². The van der Waals surface area contributed by atoms with E-state index in [1.54, 1.807) is 24.5 Å². The summed E-state index contributed by atoms with van der Waals surface area (Å²) < 4.78 is 13.9. The highest BCUT2D eigenvalue weighted by molar-refractivity contribution is 5.94. The molecule has 2 fully saturated rings. The molecule has 2 saturated heterocycles. The predicted octanol–water partition coefficient (Wildman–Crippen LogP) is 4.62. The Bertz CT molecular complexity index is 1490. The van der Waals surface area contributed by atoms with Crippen molar-refractivity contribution in [2.75, 3.05) is 11.9 Å². The van der Waals surface area contributed by atoms with Crippen molar-refractivity contribution in [3.05, 3.63) is 78.1 Å². The molecule has 4 atom stereocenters. The first-order valence-electron chi connectivity index (χ1n) is 13.0. The summed E-state index contributed by atoms with van der Waals surface area (Å²) in [5.74, 6) is 0.00663. The summed E-state index contributed by atoms with van der Waals surface area (Å²) >= 11 is 0. The molecule has 2 aliphatic rings. The van der Waals surface area contributed by atoms with Gasteiger partial charge in [-0.1, -0.05) is 32.9 Å². The average molecular weight is 514 g/mol. The summed E-state index contributed by atoms with van der Waals surface area (Å²) in [7, 11) is 0. The van der Waals surface area contributed by atoms with Crippen molar-refractivity contribution in [3.63, 3.8) is 0 Å². The van der Waals surface area contributed by atoms with Crippen molar-refractivity contribution >= 4 is 22.6 Å². The molecule has 9 heteroatoms. The fourth-order valence-electron chi connectivity index (χ4n) is 5.49. The highest BCUT2D eigenvalue weighted by Crippen LogP contribution is 2.40. The lowest BCUT2D eigenvalue weighted by molar-refractivity contribution is -0.123. The first kappa shape index (κ1) is 24.7. The molecule has 0 radical (unpaired) electrons. The Morgan fingerprint density at radius 2 is 1.97 bits per heavy atom. The smallest absolute Gasteiger partial charge is 0.229 e. The van der Waals surface area contributed by atoms with Crippen LogP contribution < -0.4 is 21.5 Å². The first-order valence-corrected chi connectivity index (χ1v) is 13.0.